The molecule has 1 aromatic carbocycles. The number of ether oxygens (including phenoxy) is 2. The van der Waals surface area contributed by atoms with Crippen LogP contribution in [0.4, 0.5) is 5.69 Å². The predicted molar refractivity (Wildman–Crippen MR) is 63.3 cm³/mol. The highest BCUT2D eigenvalue weighted by Gasteiger charge is 2.14. The summed E-state index contributed by atoms with van der Waals surface area (Å²) in [7, 11) is 1.50. The van der Waals surface area contributed by atoms with Gasteiger partial charge in [0.05, 0.1) is 25.0 Å². The Balaban J connectivity index is 3.10. The fourth-order valence-electron chi connectivity index (χ4n) is 1.33. The smallest absolute Gasteiger partial charge is 0.340 e. The van der Waals surface area contributed by atoms with Crippen LogP contribution < -0.4 is 10.1 Å². The van der Waals surface area contributed by atoms with Gasteiger partial charge >= 0.3 is 5.97 Å². The first-order valence-corrected chi connectivity index (χ1v) is 5.21. The largest absolute Gasteiger partial charge is 0.497 e. The average Bonchev–Trinajstić information content (AvgIpc) is 2.29. The highest BCUT2D eigenvalue weighted by Crippen LogP contribution is 2.22. The first-order chi connectivity index (χ1) is 8.08. The van der Waals surface area contributed by atoms with E-state index in [1.54, 1.807) is 19.1 Å². The van der Waals surface area contributed by atoms with Crippen LogP contribution in [-0.2, 0) is 9.53 Å². The zero-order chi connectivity index (χ0) is 12.8. The lowest BCUT2D eigenvalue weighted by molar-refractivity contribution is -0.114. The van der Waals surface area contributed by atoms with E-state index in [9.17, 15) is 9.59 Å². The van der Waals surface area contributed by atoms with Crippen LogP contribution in [0.3, 0.4) is 0 Å². The molecule has 0 fully saturated rings. The van der Waals surface area contributed by atoms with Crippen molar-refractivity contribution in [3.05, 3.63) is 23.8 Å². The SMILES string of the molecule is CCOC(=O)c1cc(OC)ccc1NC(C)=O. The van der Waals surface area contributed by atoms with E-state index < -0.39 is 5.97 Å². The fraction of sp³-hybridized carbons (Fsp3) is 0.333. The topological polar surface area (TPSA) is 64.6 Å². The lowest BCUT2D eigenvalue weighted by Crippen LogP contribution is -2.13. The molecule has 0 heterocycles. The Hall–Kier alpha value is -2.04. The molecule has 0 saturated carbocycles. The number of hydrogen-bond donors (Lipinski definition) is 1. The van der Waals surface area contributed by atoms with Gasteiger partial charge in [0.2, 0.25) is 5.91 Å². The highest BCUT2D eigenvalue weighted by molar-refractivity contribution is 6.01. The standard InChI is InChI=1S/C12H15NO4/c1-4-17-12(15)10-7-9(16-3)5-6-11(10)13-8(2)14/h5-7H,4H2,1-3H3,(H,13,14). The predicted octanol–water partition coefficient (Wildman–Crippen LogP) is 1.83. The summed E-state index contributed by atoms with van der Waals surface area (Å²) in [6.45, 7) is 3.37. The first-order valence-electron chi connectivity index (χ1n) is 5.21. The molecule has 1 amide bonds. The summed E-state index contributed by atoms with van der Waals surface area (Å²) in [4.78, 5) is 22.7. The minimum Gasteiger partial charge on any atom is -0.497 e. The van der Waals surface area contributed by atoms with E-state index in [4.69, 9.17) is 9.47 Å². The maximum atomic E-state index is 11.7. The van der Waals surface area contributed by atoms with Gasteiger partial charge in [-0.05, 0) is 25.1 Å². The summed E-state index contributed by atoms with van der Waals surface area (Å²) in [6, 6.07) is 4.80. The summed E-state index contributed by atoms with van der Waals surface area (Å²) in [5.41, 5.74) is 0.693. The van der Waals surface area contributed by atoms with Crippen molar-refractivity contribution in [1.29, 1.82) is 0 Å². The van der Waals surface area contributed by atoms with Crippen LogP contribution in [0.15, 0.2) is 18.2 Å². The second-order valence-electron chi connectivity index (χ2n) is 3.31. The number of esters is 1. The second-order valence-corrected chi connectivity index (χ2v) is 3.31. The van der Waals surface area contributed by atoms with Crippen molar-refractivity contribution in [1.82, 2.24) is 0 Å². The molecule has 17 heavy (non-hydrogen) atoms. The lowest BCUT2D eigenvalue weighted by atomic mass is 10.1. The molecule has 0 aliphatic carbocycles. The Morgan fingerprint density at radius 2 is 2.06 bits per heavy atom. The Morgan fingerprint density at radius 3 is 2.59 bits per heavy atom. The van der Waals surface area contributed by atoms with Crippen molar-refractivity contribution in [3.63, 3.8) is 0 Å². The van der Waals surface area contributed by atoms with E-state index in [1.165, 1.54) is 20.1 Å². The lowest BCUT2D eigenvalue weighted by Gasteiger charge is -2.10. The summed E-state index contributed by atoms with van der Waals surface area (Å²) in [6.07, 6.45) is 0. The summed E-state index contributed by atoms with van der Waals surface area (Å²) in [5, 5.41) is 2.57. The van der Waals surface area contributed by atoms with Gasteiger partial charge in [-0.15, -0.1) is 0 Å². The molecule has 0 aliphatic rings. The Morgan fingerprint density at radius 1 is 1.35 bits per heavy atom. The van der Waals surface area contributed by atoms with E-state index >= 15 is 0 Å². The molecule has 0 bridgehead atoms. The third-order valence-electron chi connectivity index (χ3n) is 2.03. The maximum absolute atomic E-state index is 11.7. The van der Waals surface area contributed by atoms with Crippen molar-refractivity contribution >= 4 is 17.6 Å². The van der Waals surface area contributed by atoms with Gasteiger partial charge in [0.15, 0.2) is 0 Å². The monoisotopic (exact) mass is 237 g/mol. The third-order valence-corrected chi connectivity index (χ3v) is 2.03. The minimum absolute atomic E-state index is 0.249. The van der Waals surface area contributed by atoms with E-state index in [-0.39, 0.29) is 18.1 Å². The van der Waals surface area contributed by atoms with Gasteiger partial charge in [-0.2, -0.15) is 0 Å². The number of hydrogen-bond acceptors (Lipinski definition) is 4. The molecule has 0 saturated heterocycles. The Labute approximate surface area is 99.7 Å². The molecular formula is C12H15NO4. The molecular weight excluding hydrogens is 222 g/mol. The van der Waals surface area contributed by atoms with E-state index in [1.807, 2.05) is 0 Å². The molecule has 0 radical (unpaired) electrons. The Bertz CT molecular complexity index is 429. The van der Waals surface area contributed by atoms with Crippen LogP contribution in [0.2, 0.25) is 0 Å². The first kappa shape index (κ1) is 13.0. The van der Waals surface area contributed by atoms with Gasteiger partial charge in [-0.1, -0.05) is 0 Å². The quantitative estimate of drug-likeness (QED) is 0.811. The van der Waals surface area contributed by atoms with Crippen molar-refractivity contribution in [2.24, 2.45) is 0 Å². The molecule has 5 heteroatoms. The van der Waals surface area contributed by atoms with Crippen LogP contribution in [-0.4, -0.2) is 25.6 Å². The summed E-state index contributed by atoms with van der Waals surface area (Å²) >= 11 is 0. The zero-order valence-electron chi connectivity index (χ0n) is 10.1. The molecule has 5 nitrogen and oxygen atoms in total. The van der Waals surface area contributed by atoms with Crippen LogP contribution in [0.25, 0.3) is 0 Å². The van der Waals surface area contributed by atoms with Crippen molar-refractivity contribution < 1.29 is 19.1 Å². The van der Waals surface area contributed by atoms with Crippen LogP contribution in [0.5, 0.6) is 5.75 Å². The third kappa shape index (κ3) is 3.48. The Kier molecular flexibility index (Phi) is 4.51. The van der Waals surface area contributed by atoms with Crippen LogP contribution in [0.1, 0.15) is 24.2 Å². The van der Waals surface area contributed by atoms with Gasteiger partial charge in [0.1, 0.15) is 5.75 Å². The van der Waals surface area contributed by atoms with Crippen molar-refractivity contribution in [2.75, 3.05) is 19.0 Å². The molecule has 0 atom stereocenters. The molecule has 0 spiro atoms. The molecule has 0 unspecified atom stereocenters. The summed E-state index contributed by atoms with van der Waals surface area (Å²) in [5.74, 6) is -0.210. The molecule has 92 valence electrons. The van der Waals surface area contributed by atoms with E-state index in [2.05, 4.69) is 5.32 Å². The number of carbonyl (C=O) groups is 2. The number of amides is 1. The normalized spacial score (nSPS) is 9.59. The second kappa shape index (κ2) is 5.89. The molecule has 0 aromatic heterocycles. The van der Waals surface area contributed by atoms with Gasteiger partial charge in [0.25, 0.3) is 0 Å². The van der Waals surface area contributed by atoms with E-state index in [0.717, 1.165) is 0 Å². The molecule has 1 aromatic rings. The zero-order valence-corrected chi connectivity index (χ0v) is 10.1. The number of methoxy groups -OCH3 is 1. The van der Waals surface area contributed by atoms with Gasteiger partial charge in [-0.25, -0.2) is 4.79 Å². The molecule has 1 N–H and O–H groups in total. The van der Waals surface area contributed by atoms with Crippen LogP contribution in [0, 0.1) is 0 Å². The van der Waals surface area contributed by atoms with Crippen molar-refractivity contribution in [2.45, 2.75) is 13.8 Å². The van der Waals surface area contributed by atoms with E-state index in [0.29, 0.717) is 11.4 Å². The van der Waals surface area contributed by atoms with Gasteiger partial charge < -0.3 is 14.8 Å². The number of carbonyl (C=O) groups excluding carboxylic acids is 2. The minimum atomic E-state index is -0.491. The molecule has 0 aliphatic heterocycles. The highest BCUT2D eigenvalue weighted by atomic mass is 16.5. The fourth-order valence-corrected chi connectivity index (χ4v) is 1.33. The number of benzene rings is 1. The maximum Gasteiger partial charge on any atom is 0.340 e. The number of nitrogens with one attached hydrogen (secondary N) is 1. The average molecular weight is 237 g/mol. The summed E-state index contributed by atoms with van der Waals surface area (Å²) < 4.78 is 9.93. The molecule has 1 rings (SSSR count). The van der Waals surface area contributed by atoms with Gasteiger partial charge in [-0.3, -0.25) is 4.79 Å². The number of rotatable bonds is 4. The van der Waals surface area contributed by atoms with Gasteiger partial charge in [0, 0.05) is 6.92 Å². The van der Waals surface area contributed by atoms with Crippen molar-refractivity contribution in [3.8, 4) is 5.75 Å². The number of anilines is 1. The van der Waals surface area contributed by atoms with Crippen LogP contribution >= 0.6 is 0 Å².